The number of methoxy groups -OCH3 is 1. The van der Waals surface area contributed by atoms with Crippen molar-refractivity contribution in [3.63, 3.8) is 0 Å². The number of rotatable bonds is 5. The van der Waals surface area contributed by atoms with Gasteiger partial charge in [0.25, 0.3) is 0 Å². The number of halogens is 2. The summed E-state index contributed by atoms with van der Waals surface area (Å²) in [6.45, 7) is 5.96. The van der Waals surface area contributed by atoms with Crippen molar-refractivity contribution in [3.05, 3.63) is 34.6 Å². The lowest BCUT2D eigenvalue weighted by Gasteiger charge is -2.37. The Kier molecular flexibility index (Phi) is 7.66. The van der Waals surface area contributed by atoms with E-state index in [9.17, 15) is 14.0 Å². The highest BCUT2D eigenvalue weighted by molar-refractivity contribution is 6.30. The molecule has 0 bridgehead atoms. The molecular weight excluding hydrogens is 389 g/mol. The minimum Gasteiger partial charge on any atom is -0.467 e. The van der Waals surface area contributed by atoms with Gasteiger partial charge in [0.05, 0.1) is 18.2 Å². The summed E-state index contributed by atoms with van der Waals surface area (Å²) in [5.41, 5.74) is -0.350. The van der Waals surface area contributed by atoms with E-state index in [4.69, 9.17) is 21.1 Å². The Morgan fingerprint density at radius 1 is 1.36 bits per heavy atom. The number of esters is 1. The summed E-state index contributed by atoms with van der Waals surface area (Å²) in [6.07, 6.45) is 0.250. The zero-order valence-corrected chi connectivity index (χ0v) is 17.4. The Hall–Kier alpha value is -1.86. The van der Waals surface area contributed by atoms with Crippen LogP contribution in [-0.4, -0.2) is 49.4 Å². The molecule has 0 spiro atoms. The number of carbonyl (C=O) groups excluding carboxylic acids is 2. The first-order valence-electron chi connectivity index (χ1n) is 9.22. The number of likely N-dealkylation sites (tertiary alicyclic amines) is 1. The normalized spacial score (nSPS) is 18.5. The summed E-state index contributed by atoms with van der Waals surface area (Å²) in [4.78, 5) is 25.6. The van der Waals surface area contributed by atoms with E-state index < -0.39 is 29.6 Å². The van der Waals surface area contributed by atoms with E-state index in [-0.39, 0.29) is 23.1 Å². The number of piperidine rings is 1. The van der Waals surface area contributed by atoms with Gasteiger partial charge in [-0.15, -0.1) is 0 Å². The van der Waals surface area contributed by atoms with Gasteiger partial charge in [0.2, 0.25) is 0 Å². The first-order valence-corrected chi connectivity index (χ1v) is 9.60. The van der Waals surface area contributed by atoms with Gasteiger partial charge in [-0.1, -0.05) is 23.7 Å². The average molecular weight is 416 g/mol. The monoisotopic (exact) mass is 415 g/mol. The number of hydrogen-bond donors (Lipinski definition) is 0. The zero-order valence-electron chi connectivity index (χ0n) is 16.7. The third-order valence-electron chi connectivity index (χ3n) is 4.43. The maximum absolute atomic E-state index is 14.7. The molecule has 1 aromatic rings. The van der Waals surface area contributed by atoms with Crippen LogP contribution in [0.2, 0.25) is 5.02 Å². The molecule has 0 N–H and O–H groups in total. The quantitative estimate of drug-likeness (QED) is 0.668. The molecule has 8 heteroatoms. The lowest BCUT2D eigenvalue weighted by molar-refractivity contribution is -0.150. The van der Waals surface area contributed by atoms with Crippen molar-refractivity contribution in [1.82, 2.24) is 4.90 Å². The van der Waals surface area contributed by atoms with Gasteiger partial charge in [0.1, 0.15) is 18.0 Å². The first kappa shape index (κ1) is 22.4. The molecule has 0 saturated carbocycles. The fourth-order valence-electron chi connectivity index (χ4n) is 3.19. The van der Waals surface area contributed by atoms with Crippen molar-refractivity contribution in [2.45, 2.75) is 45.3 Å². The highest BCUT2D eigenvalue weighted by atomic mass is 35.5. The highest BCUT2D eigenvalue weighted by Crippen LogP contribution is 2.36. The molecule has 0 radical (unpaired) electrons. The minimum atomic E-state index is -0.747. The van der Waals surface area contributed by atoms with Gasteiger partial charge in [0.15, 0.2) is 0 Å². The van der Waals surface area contributed by atoms with E-state index in [0.29, 0.717) is 25.9 Å². The van der Waals surface area contributed by atoms with Crippen molar-refractivity contribution in [2.75, 3.05) is 26.8 Å². The van der Waals surface area contributed by atoms with Crippen LogP contribution in [0.1, 0.15) is 45.3 Å². The number of nitrogens with zero attached hydrogens (tertiary/aromatic N) is 1. The maximum atomic E-state index is 14.7. The molecule has 2 atom stereocenters. The van der Waals surface area contributed by atoms with Crippen LogP contribution in [0.25, 0.3) is 0 Å². The topological polar surface area (TPSA) is 65.1 Å². The molecule has 1 aliphatic rings. The molecule has 156 valence electrons. The smallest absolute Gasteiger partial charge is 0.410 e. The minimum absolute atomic E-state index is 0.0241. The predicted octanol–water partition coefficient (Wildman–Crippen LogP) is 4.36. The standard InChI is InChI=1S/C20H27ClFNO5/c1-20(2,3)28-19(25)23-10-6-7-13(11-23)18(27-12-16(24)26-4)14-8-5-9-15(21)17(14)22/h5,8-9,13,18H,6-7,10-12H2,1-4H3. The molecular formula is C20H27ClFNO5. The van der Waals surface area contributed by atoms with E-state index in [2.05, 4.69) is 4.74 Å². The molecule has 0 aromatic heterocycles. The number of benzene rings is 1. The summed E-state index contributed by atoms with van der Waals surface area (Å²) in [6, 6.07) is 4.66. The van der Waals surface area contributed by atoms with Crippen LogP contribution in [-0.2, 0) is 19.0 Å². The summed E-state index contributed by atoms with van der Waals surface area (Å²) in [7, 11) is 1.26. The highest BCUT2D eigenvalue weighted by Gasteiger charge is 2.34. The summed E-state index contributed by atoms with van der Waals surface area (Å²) in [5, 5.41) is -0.0241. The molecule has 2 unspecified atom stereocenters. The van der Waals surface area contributed by atoms with E-state index in [1.54, 1.807) is 37.8 Å². The first-order chi connectivity index (χ1) is 13.1. The van der Waals surface area contributed by atoms with Crippen LogP contribution < -0.4 is 0 Å². The van der Waals surface area contributed by atoms with Gasteiger partial charge in [-0.2, -0.15) is 0 Å². The second kappa shape index (κ2) is 9.56. The molecule has 2 rings (SSSR count). The third kappa shape index (κ3) is 6.07. The van der Waals surface area contributed by atoms with Gasteiger partial charge in [-0.25, -0.2) is 14.0 Å². The molecule has 1 amide bonds. The van der Waals surface area contributed by atoms with Crippen LogP contribution in [0.15, 0.2) is 18.2 Å². The molecule has 28 heavy (non-hydrogen) atoms. The van der Waals surface area contributed by atoms with Crippen molar-refractivity contribution in [2.24, 2.45) is 5.92 Å². The van der Waals surface area contributed by atoms with E-state index >= 15 is 0 Å². The van der Waals surface area contributed by atoms with Crippen molar-refractivity contribution >= 4 is 23.7 Å². The van der Waals surface area contributed by atoms with Crippen LogP contribution in [0.5, 0.6) is 0 Å². The lowest BCUT2D eigenvalue weighted by atomic mass is 9.88. The fourth-order valence-corrected chi connectivity index (χ4v) is 3.37. The Morgan fingerprint density at radius 2 is 2.07 bits per heavy atom. The Labute approximate surface area is 169 Å². The van der Waals surface area contributed by atoms with Gasteiger partial charge >= 0.3 is 12.1 Å². The number of hydrogen-bond acceptors (Lipinski definition) is 5. The molecule has 1 fully saturated rings. The van der Waals surface area contributed by atoms with Crippen molar-refractivity contribution in [3.8, 4) is 0 Å². The van der Waals surface area contributed by atoms with Crippen LogP contribution >= 0.6 is 11.6 Å². The van der Waals surface area contributed by atoms with Gasteiger partial charge in [-0.05, 0) is 39.7 Å². The fraction of sp³-hybridized carbons (Fsp3) is 0.600. The molecule has 1 saturated heterocycles. The van der Waals surface area contributed by atoms with Crippen molar-refractivity contribution in [1.29, 1.82) is 0 Å². The van der Waals surface area contributed by atoms with Crippen LogP contribution in [0.4, 0.5) is 9.18 Å². The summed E-state index contributed by atoms with van der Waals surface area (Å²) >= 11 is 5.93. The van der Waals surface area contributed by atoms with Gasteiger partial charge in [0, 0.05) is 24.6 Å². The summed E-state index contributed by atoms with van der Waals surface area (Å²) < 4.78 is 30.5. The summed E-state index contributed by atoms with van der Waals surface area (Å²) in [5.74, 6) is -1.38. The van der Waals surface area contributed by atoms with Crippen LogP contribution in [0.3, 0.4) is 0 Å². The average Bonchev–Trinajstić information content (AvgIpc) is 2.63. The number of carbonyl (C=O) groups is 2. The molecule has 1 aromatic carbocycles. The lowest BCUT2D eigenvalue weighted by Crippen LogP contribution is -2.44. The molecule has 1 aliphatic heterocycles. The van der Waals surface area contributed by atoms with Gasteiger partial charge in [-0.3, -0.25) is 0 Å². The molecule has 1 heterocycles. The van der Waals surface area contributed by atoms with Gasteiger partial charge < -0.3 is 19.1 Å². The Balaban J connectivity index is 2.23. The Morgan fingerprint density at radius 3 is 2.71 bits per heavy atom. The third-order valence-corrected chi connectivity index (χ3v) is 4.73. The SMILES string of the molecule is COC(=O)COC(c1cccc(Cl)c1F)C1CCCN(C(=O)OC(C)(C)C)C1. The van der Waals surface area contributed by atoms with Crippen LogP contribution in [0, 0.1) is 11.7 Å². The van der Waals surface area contributed by atoms with Crippen molar-refractivity contribution < 1.29 is 28.2 Å². The predicted molar refractivity (Wildman–Crippen MR) is 103 cm³/mol. The second-order valence-electron chi connectivity index (χ2n) is 7.78. The largest absolute Gasteiger partial charge is 0.467 e. The number of amides is 1. The second-order valence-corrected chi connectivity index (χ2v) is 8.19. The Bertz CT molecular complexity index is 706. The molecule has 6 nitrogen and oxygen atoms in total. The maximum Gasteiger partial charge on any atom is 0.410 e. The van der Waals surface area contributed by atoms with E-state index in [1.807, 2.05) is 0 Å². The number of ether oxygens (including phenoxy) is 3. The molecule has 0 aliphatic carbocycles. The zero-order chi connectivity index (χ0) is 20.9. The van der Waals surface area contributed by atoms with E-state index in [1.165, 1.54) is 13.2 Å². The van der Waals surface area contributed by atoms with E-state index in [0.717, 1.165) is 0 Å².